The van der Waals surface area contributed by atoms with Crippen LogP contribution in [-0.2, 0) is 4.79 Å². The normalized spacial score (nSPS) is 12.4. The molecule has 3 heterocycles. The van der Waals surface area contributed by atoms with E-state index in [9.17, 15) is 4.79 Å². The molecule has 0 radical (unpaired) electrons. The van der Waals surface area contributed by atoms with Gasteiger partial charge in [0.2, 0.25) is 5.91 Å². The number of fused-ring (bicyclic) bond motifs is 1. The topological polar surface area (TPSA) is 111 Å². The molecule has 10 heteroatoms. The Balaban J connectivity index is 0.00000104. The van der Waals surface area contributed by atoms with Crippen LogP contribution in [0.3, 0.4) is 0 Å². The maximum absolute atomic E-state index is 12.2. The Hall–Kier alpha value is -3.07. The number of rotatable bonds is 5. The zero-order valence-electron chi connectivity index (χ0n) is 16.8. The molecular formula is C20H28ClN7O2. The fraction of sp³-hybridized carbons (Fsp3) is 0.400. The van der Waals surface area contributed by atoms with Crippen LogP contribution in [0, 0.1) is 5.92 Å². The lowest BCUT2D eigenvalue weighted by Crippen LogP contribution is -2.28. The number of nitrogen functional groups attached to an aromatic ring is 1. The highest BCUT2D eigenvalue weighted by Gasteiger charge is 2.33. The number of carbonyl (C=O) groups is 1. The molecule has 0 aliphatic heterocycles. The van der Waals surface area contributed by atoms with Crippen LogP contribution in [-0.4, -0.2) is 39.6 Å². The van der Waals surface area contributed by atoms with Gasteiger partial charge in [-0.25, -0.2) is 14.5 Å². The van der Waals surface area contributed by atoms with E-state index in [-0.39, 0.29) is 25.1 Å². The van der Waals surface area contributed by atoms with Crippen molar-refractivity contribution in [3.05, 3.63) is 29.8 Å². The van der Waals surface area contributed by atoms with Crippen LogP contribution in [0.2, 0.25) is 5.02 Å². The Kier molecular flexibility index (Phi) is 7.44. The summed E-state index contributed by atoms with van der Waals surface area (Å²) in [5, 5.41) is 7.50. The first-order chi connectivity index (χ1) is 14.0. The van der Waals surface area contributed by atoms with Crippen molar-refractivity contribution < 1.29 is 9.53 Å². The molecule has 9 nitrogen and oxygen atoms in total. The molecule has 30 heavy (non-hydrogen) atoms. The molecule has 0 spiro atoms. The van der Waals surface area contributed by atoms with E-state index < -0.39 is 0 Å². The second kappa shape index (κ2) is 9.62. The van der Waals surface area contributed by atoms with E-state index in [1.165, 1.54) is 6.20 Å². The number of hydrogen-bond acceptors (Lipinski definition) is 7. The smallest absolute Gasteiger partial charge is 0.231 e. The highest BCUT2D eigenvalue weighted by molar-refractivity contribution is 6.35. The Labute approximate surface area is 181 Å². The molecule has 0 saturated heterocycles. The Bertz CT molecular complexity index is 1030. The highest BCUT2D eigenvalue weighted by atomic mass is 35.5. The number of nitrogens with two attached hydrogens (primary N) is 1. The molecule has 0 atom stereocenters. The summed E-state index contributed by atoms with van der Waals surface area (Å²) in [5.74, 6) is 1.80. The summed E-state index contributed by atoms with van der Waals surface area (Å²) < 4.78 is 7.47. The van der Waals surface area contributed by atoms with Crippen molar-refractivity contribution in [2.75, 3.05) is 30.0 Å². The average molecular weight is 434 g/mol. The van der Waals surface area contributed by atoms with Crippen molar-refractivity contribution in [1.29, 1.82) is 0 Å². The summed E-state index contributed by atoms with van der Waals surface area (Å²) in [6.07, 6.45) is 8.17. The summed E-state index contributed by atoms with van der Waals surface area (Å²) in [7, 11) is 3.41. The maximum Gasteiger partial charge on any atom is 0.231 e. The van der Waals surface area contributed by atoms with Crippen LogP contribution in [0.1, 0.15) is 34.1 Å². The van der Waals surface area contributed by atoms with Gasteiger partial charge in [-0.1, -0.05) is 32.9 Å². The number of nitrogens with zero attached hydrogens (tertiary/aromatic N) is 5. The number of carbonyl (C=O) groups excluding carboxylic acids is 1. The van der Waals surface area contributed by atoms with Crippen LogP contribution < -0.4 is 20.7 Å². The lowest BCUT2D eigenvalue weighted by molar-refractivity contribution is -0.119. The molecule has 1 aliphatic rings. The second-order valence-electron chi connectivity index (χ2n) is 6.30. The van der Waals surface area contributed by atoms with Crippen molar-refractivity contribution in [3.8, 4) is 11.5 Å². The predicted octanol–water partition coefficient (Wildman–Crippen LogP) is 4.23. The van der Waals surface area contributed by atoms with E-state index >= 15 is 0 Å². The van der Waals surface area contributed by atoms with Gasteiger partial charge in [0.05, 0.1) is 30.5 Å². The molecule has 1 aliphatic carbocycles. The monoisotopic (exact) mass is 433 g/mol. The summed E-state index contributed by atoms with van der Waals surface area (Å²) in [4.78, 5) is 22.2. The van der Waals surface area contributed by atoms with Gasteiger partial charge in [0.15, 0.2) is 17.3 Å². The zero-order valence-corrected chi connectivity index (χ0v) is 17.6. The van der Waals surface area contributed by atoms with Gasteiger partial charge < -0.3 is 15.8 Å². The zero-order chi connectivity index (χ0) is 21.1. The van der Waals surface area contributed by atoms with E-state index in [4.69, 9.17) is 22.1 Å². The number of nitrogens with one attached hydrogen (secondary N) is 1. The molecule has 162 valence electrons. The molecule has 3 N–H and O–H groups in total. The molecule has 1 fully saturated rings. The first-order valence-electron chi connectivity index (χ1n) is 9.40. The van der Waals surface area contributed by atoms with E-state index in [1.807, 2.05) is 13.8 Å². The third-order valence-corrected chi connectivity index (χ3v) is 4.81. The van der Waals surface area contributed by atoms with Crippen LogP contribution in [0.5, 0.6) is 11.5 Å². The standard InChI is InChI=1S/C17H18ClN7O2.C2H6.CH4/c1-20-15-14(18)12(6-22-16(15)19)27-11-7-23-25-8-13(21-5-10(11)25)24(2)17(26)9-3-4-9;1-2;/h5-9,20H,3-4H2,1-2H3,(H2,19,22);1-2H3;1H4. The van der Waals surface area contributed by atoms with Gasteiger partial charge in [-0.15, -0.1) is 0 Å². The van der Waals surface area contributed by atoms with Crippen LogP contribution in [0.15, 0.2) is 24.8 Å². The van der Waals surface area contributed by atoms with Crippen LogP contribution in [0.25, 0.3) is 5.52 Å². The van der Waals surface area contributed by atoms with Crippen molar-refractivity contribution >= 4 is 40.3 Å². The maximum atomic E-state index is 12.2. The molecule has 3 aromatic heterocycles. The minimum Gasteiger partial charge on any atom is -0.450 e. The molecule has 3 aromatic rings. The molecule has 1 amide bonds. The third-order valence-electron chi connectivity index (χ3n) is 4.44. The lowest BCUT2D eigenvalue weighted by Gasteiger charge is -2.15. The first-order valence-corrected chi connectivity index (χ1v) is 9.78. The van der Waals surface area contributed by atoms with Crippen molar-refractivity contribution in [2.24, 2.45) is 5.92 Å². The van der Waals surface area contributed by atoms with E-state index in [1.54, 1.807) is 42.1 Å². The number of anilines is 3. The fourth-order valence-corrected chi connectivity index (χ4v) is 3.01. The summed E-state index contributed by atoms with van der Waals surface area (Å²) in [6.45, 7) is 4.00. The number of aromatic nitrogens is 4. The lowest BCUT2D eigenvalue weighted by atomic mass is 10.3. The van der Waals surface area contributed by atoms with Gasteiger partial charge in [-0.05, 0) is 12.8 Å². The van der Waals surface area contributed by atoms with Crippen LogP contribution >= 0.6 is 11.6 Å². The van der Waals surface area contributed by atoms with E-state index in [0.29, 0.717) is 33.5 Å². The number of hydrogen-bond donors (Lipinski definition) is 2. The number of amides is 1. The molecule has 4 rings (SSSR count). The predicted molar refractivity (Wildman–Crippen MR) is 120 cm³/mol. The minimum absolute atomic E-state index is 0. The van der Waals surface area contributed by atoms with E-state index in [2.05, 4.69) is 20.4 Å². The molecule has 0 unspecified atom stereocenters. The number of pyridine rings is 1. The van der Waals surface area contributed by atoms with Gasteiger partial charge >= 0.3 is 0 Å². The van der Waals surface area contributed by atoms with Gasteiger partial charge in [0.25, 0.3) is 0 Å². The number of halogens is 1. The number of ether oxygens (including phenoxy) is 1. The molecule has 0 aromatic carbocycles. The minimum atomic E-state index is 0. The average Bonchev–Trinajstić information content (AvgIpc) is 3.52. The van der Waals surface area contributed by atoms with Gasteiger partial charge in [-0.2, -0.15) is 5.10 Å². The second-order valence-corrected chi connectivity index (χ2v) is 6.68. The van der Waals surface area contributed by atoms with Crippen molar-refractivity contribution in [3.63, 3.8) is 0 Å². The SMILES string of the molecule is C.CC.CNc1c(N)ncc(Oc2cnn3cc(N(C)C(=O)C4CC4)ncc23)c1Cl. The van der Waals surface area contributed by atoms with Gasteiger partial charge in [-0.3, -0.25) is 9.69 Å². The Morgan fingerprint density at radius 1 is 1.27 bits per heavy atom. The van der Waals surface area contributed by atoms with E-state index in [0.717, 1.165) is 12.8 Å². The third kappa shape index (κ3) is 4.40. The van der Waals surface area contributed by atoms with Crippen molar-refractivity contribution in [2.45, 2.75) is 34.1 Å². The molecule has 1 saturated carbocycles. The Morgan fingerprint density at radius 3 is 2.60 bits per heavy atom. The van der Waals surface area contributed by atoms with Crippen LogP contribution in [0.4, 0.5) is 17.3 Å². The highest BCUT2D eigenvalue weighted by Crippen LogP contribution is 2.38. The Morgan fingerprint density at radius 2 is 1.97 bits per heavy atom. The van der Waals surface area contributed by atoms with Gasteiger partial charge in [0.1, 0.15) is 16.4 Å². The quantitative estimate of drug-likeness (QED) is 0.619. The summed E-state index contributed by atoms with van der Waals surface area (Å²) in [5.41, 5.74) is 6.91. The van der Waals surface area contributed by atoms with Crippen molar-refractivity contribution in [1.82, 2.24) is 19.6 Å². The summed E-state index contributed by atoms with van der Waals surface area (Å²) >= 11 is 6.32. The van der Waals surface area contributed by atoms with Gasteiger partial charge in [0, 0.05) is 20.0 Å². The summed E-state index contributed by atoms with van der Waals surface area (Å²) in [6, 6.07) is 0. The molecule has 0 bridgehead atoms. The largest absolute Gasteiger partial charge is 0.450 e. The molecular weight excluding hydrogens is 406 g/mol. The first kappa shape index (κ1) is 23.2. The fourth-order valence-electron chi connectivity index (χ4n) is 2.73.